The Bertz CT molecular complexity index is 299. The van der Waals surface area contributed by atoms with E-state index in [4.69, 9.17) is 10.0 Å². The van der Waals surface area contributed by atoms with E-state index in [0.717, 1.165) is 6.07 Å². The average molecular weight is 166 g/mol. The minimum Gasteiger partial charge on any atom is -0.423 e. The van der Waals surface area contributed by atoms with Gasteiger partial charge in [-0.05, 0) is 23.2 Å². The summed E-state index contributed by atoms with van der Waals surface area (Å²) >= 11 is 0. The molecule has 0 aliphatic rings. The van der Waals surface area contributed by atoms with Crippen LogP contribution in [0.25, 0.3) is 6.08 Å². The van der Waals surface area contributed by atoms with Gasteiger partial charge in [-0.2, -0.15) is 0 Å². The van der Waals surface area contributed by atoms with Gasteiger partial charge in [0, 0.05) is 0 Å². The molecule has 0 aromatic heterocycles. The van der Waals surface area contributed by atoms with Crippen molar-refractivity contribution >= 4 is 18.7 Å². The molecule has 62 valence electrons. The Hall–Kier alpha value is -1.13. The number of hydrogen-bond donors (Lipinski definition) is 2. The molecule has 1 aromatic carbocycles. The van der Waals surface area contributed by atoms with Crippen LogP contribution in [-0.4, -0.2) is 17.2 Å². The van der Waals surface area contributed by atoms with Gasteiger partial charge in [-0.1, -0.05) is 18.7 Å². The van der Waals surface area contributed by atoms with Crippen LogP contribution in [-0.2, 0) is 0 Å². The molecule has 0 spiro atoms. The van der Waals surface area contributed by atoms with Crippen molar-refractivity contribution in [2.75, 3.05) is 0 Å². The highest BCUT2D eigenvalue weighted by Gasteiger charge is 2.14. The first-order valence-electron chi connectivity index (χ1n) is 3.43. The maximum atomic E-state index is 12.6. The zero-order valence-corrected chi connectivity index (χ0v) is 6.37. The van der Waals surface area contributed by atoms with E-state index in [2.05, 4.69) is 6.58 Å². The summed E-state index contributed by atoms with van der Waals surface area (Å²) in [5.41, 5.74) is 0.649. The third-order valence-electron chi connectivity index (χ3n) is 1.55. The second-order valence-corrected chi connectivity index (χ2v) is 2.35. The first-order chi connectivity index (χ1) is 5.65. The lowest BCUT2D eigenvalue weighted by Gasteiger charge is -2.03. The van der Waals surface area contributed by atoms with E-state index in [1.807, 2.05) is 0 Å². The number of rotatable bonds is 2. The summed E-state index contributed by atoms with van der Waals surface area (Å²) < 4.78 is 12.6. The fraction of sp³-hybridized carbons (Fsp3) is 0. The van der Waals surface area contributed by atoms with Gasteiger partial charge in [0.2, 0.25) is 0 Å². The van der Waals surface area contributed by atoms with E-state index in [0.29, 0.717) is 5.56 Å². The van der Waals surface area contributed by atoms with Crippen LogP contribution in [0.15, 0.2) is 24.8 Å². The normalized spacial score (nSPS) is 9.58. The molecule has 0 amide bonds. The summed E-state index contributed by atoms with van der Waals surface area (Å²) in [6.45, 7) is 3.46. The molecule has 0 radical (unpaired) electrons. The lowest BCUT2D eigenvalue weighted by molar-refractivity contribution is 0.425. The molecule has 0 fully saturated rings. The molecule has 0 heterocycles. The van der Waals surface area contributed by atoms with Gasteiger partial charge in [-0.25, -0.2) is 4.39 Å². The first kappa shape index (κ1) is 8.97. The van der Waals surface area contributed by atoms with E-state index < -0.39 is 12.9 Å². The van der Waals surface area contributed by atoms with Crippen LogP contribution < -0.4 is 5.46 Å². The molecule has 4 heteroatoms. The third-order valence-corrected chi connectivity index (χ3v) is 1.55. The maximum Gasteiger partial charge on any atom is 0.489 e. The monoisotopic (exact) mass is 166 g/mol. The van der Waals surface area contributed by atoms with Gasteiger partial charge in [0.05, 0.1) is 0 Å². The highest BCUT2D eigenvalue weighted by atomic mass is 19.1. The molecule has 0 unspecified atom stereocenters. The zero-order valence-electron chi connectivity index (χ0n) is 6.37. The van der Waals surface area contributed by atoms with Crippen molar-refractivity contribution in [3.05, 3.63) is 36.2 Å². The number of hydrogen-bond acceptors (Lipinski definition) is 2. The summed E-state index contributed by atoms with van der Waals surface area (Å²) in [6.07, 6.45) is 1.44. The van der Waals surface area contributed by atoms with Crippen molar-refractivity contribution in [3.8, 4) is 0 Å². The first-order valence-corrected chi connectivity index (χ1v) is 3.43. The molecule has 2 N–H and O–H groups in total. The molecule has 0 aliphatic heterocycles. The maximum absolute atomic E-state index is 12.6. The summed E-state index contributed by atoms with van der Waals surface area (Å²) in [6, 6.07) is 3.75. The highest BCUT2D eigenvalue weighted by molar-refractivity contribution is 6.59. The third kappa shape index (κ3) is 1.72. The Kier molecular flexibility index (Phi) is 2.63. The molecule has 1 rings (SSSR count). The van der Waals surface area contributed by atoms with E-state index >= 15 is 0 Å². The number of halogens is 1. The second-order valence-electron chi connectivity index (χ2n) is 2.35. The lowest BCUT2D eigenvalue weighted by atomic mass is 9.77. The fourth-order valence-corrected chi connectivity index (χ4v) is 0.955. The zero-order chi connectivity index (χ0) is 9.14. The molecule has 0 saturated heterocycles. The van der Waals surface area contributed by atoms with Gasteiger partial charge in [0.25, 0.3) is 0 Å². The van der Waals surface area contributed by atoms with Crippen molar-refractivity contribution in [1.82, 2.24) is 0 Å². The SMILES string of the molecule is C=Cc1ccc(F)cc1B(O)O. The predicted octanol–water partition coefficient (Wildman–Crippen LogP) is 0.148. The second kappa shape index (κ2) is 3.52. The largest absolute Gasteiger partial charge is 0.489 e. The minimum absolute atomic E-state index is 0.130. The predicted molar refractivity (Wildman–Crippen MR) is 46.3 cm³/mol. The summed E-state index contributed by atoms with van der Waals surface area (Å²) in [7, 11) is -1.66. The minimum atomic E-state index is -1.66. The van der Waals surface area contributed by atoms with Gasteiger partial charge in [-0.15, -0.1) is 0 Å². The van der Waals surface area contributed by atoms with Crippen LogP contribution in [0.5, 0.6) is 0 Å². The summed E-state index contributed by atoms with van der Waals surface area (Å²) in [4.78, 5) is 0. The van der Waals surface area contributed by atoms with Crippen LogP contribution >= 0.6 is 0 Å². The molecule has 0 bridgehead atoms. The Morgan fingerprint density at radius 2 is 2.08 bits per heavy atom. The highest BCUT2D eigenvalue weighted by Crippen LogP contribution is 2.02. The van der Waals surface area contributed by atoms with Crippen LogP contribution in [0.4, 0.5) is 4.39 Å². The average Bonchev–Trinajstić information content (AvgIpc) is 2.04. The molecule has 0 aliphatic carbocycles. The summed E-state index contributed by atoms with van der Waals surface area (Å²) in [5, 5.41) is 17.6. The summed E-state index contributed by atoms with van der Waals surface area (Å²) in [5.74, 6) is -0.497. The molecule has 1 aromatic rings. The van der Waals surface area contributed by atoms with Gasteiger partial charge in [0.15, 0.2) is 0 Å². The Morgan fingerprint density at radius 3 is 2.58 bits per heavy atom. The van der Waals surface area contributed by atoms with Gasteiger partial charge < -0.3 is 10.0 Å². The van der Waals surface area contributed by atoms with Crippen molar-refractivity contribution in [2.45, 2.75) is 0 Å². The molecule has 12 heavy (non-hydrogen) atoms. The van der Waals surface area contributed by atoms with E-state index in [-0.39, 0.29) is 5.46 Å². The van der Waals surface area contributed by atoms with Crippen LogP contribution in [0.2, 0.25) is 0 Å². The van der Waals surface area contributed by atoms with E-state index in [1.165, 1.54) is 18.2 Å². The van der Waals surface area contributed by atoms with Gasteiger partial charge in [0.1, 0.15) is 5.82 Å². The van der Waals surface area contributed by atoms with E-state index in [9.17, 15) is 4.39 Å². The number of benzene rings is 1. The van der Waals surface area contributed by atoms with Crippen molar-refractivity contribution in [3.63, 3.8) is 0 Å². The topological polar surface area (TPSA) is 40.5 Å². The van der Waals surface area contributed by atoms with Crippen LogP contribution in [0.3, 0.4) is 0 Å². The quantitative estimate of drug-likeness (QED) is 0.613. The lowest BCUT2D eigenvalue weighted by Crippen LogP contribution is -2.32. The van der Waals surface area contributed by atoms with Gasteiger partial charge >= 0.3 is 7.12 Å². The standard InChI is InChI=1S/C8H8BFO2/c1-2-6-3-4-7(10)5-8(6)9(11)12/h2-5,11-12H,1H2. The smallest absolute Gasteiger partial charge is 0.423 e. The molecule has 2 nitrogen and oxygen atoms in total. The molecule has 0 atom stereocenters. The Morgan fingerprint density at radius 1 is 1.42 bits per heavy atom. The van der Waals surface area contributed by atoms with Crippen LogP contribution in [0, 0.1) is 5.82 Å². The van der Waals surface area contributed by atoms with E-state index in [1.54, 1.807) is 0 Å². The van der Waals surface area contributed by atoms with Crippen molar-refractivity contribution < 1.29 is 14.4 Å². The Labute approximate surface area is 70.1 Å². The Balaban J connectivity index is 3.21. The van der Waals surface area contributed by atoms with Crippen LogP contribution in [0.1, 0.15) is 5.56 Å². The fourth-order valence-electron chi connectivity index (χ4n) is 0.955. The molecular formula is C8H8BFO2. The van der Waals surface area contributed by atoms with Crippen molar-refractivity contribution in [2.24, 2.45) is 0 Å². The molecule has 0 saturated carbocycles. The van der Waals surface area contributed by atoms with Crippen molar-refractivity contribution in [1.29, 1.82) is 0 Å². The molecular weight excluding hydrogens is 158 g/mol. The van der Waals surface area contributed by atoms with Gasteiger partial charge in [-0.3, -0.25) is 0 Å².